The van der Waals surface area contributed by atoms with Gasteiger partial charge in [0.15, 0.2) is 23.6 Å². The van der Waals surface area contributed by atoms with E-state index in [2.05, 4.69) is 0 Å². The van der Waals surface area contributed by atoms with Gasteiger partial charge in [-0.25, -0.2) is 13.2 Å². The fourth-order valence-electron chi connectivity index (χ4n) is 2.51. The maximum absolute atomic E-state index is 13.6. The first-order valence-corrected chi connectivity index (χ1v) is 8.21. The molecule has 1 aliphatic rings. The number of esters is 1. The van der Waals surface area contributed by atoms with E-state index in [1.54, 1.807) is 0 Å². The molecule has 1 aliphatic heterocycles. The van der Waals surface area contributed by atoms with E-state index >= 15 is 0 Å². The number of carbonyl (C=O) groups excluding carboxylic acids is 3. The predicted molar refractivity (Wildman–Crippen MR) is 85.5 cm³/mol. The Morgan fingerprint density at radius 2 is 1.92 bits per heavy atom. The van der Waals surface area contributed by atoms with Gasteiger partial charge in [-0.05, 0) is 31.9 Å². The van der Waals surface area contributed by atoms with Gasteiger partial charge in [-0.1, -0.05) is 6.42 Å². The number of anilines is 1. The molecule has 2 rings (SSSR count). The van der Waals surface area contributed by atoms with Gasteiger partial charge in [0, 0.05) is 13.0 Å². The van der Waals surface area contributed by atoms with Gasteiger partial charge in [-0.2, -0.15) is 0 Å². The number of halogens is 3. The zero-order valence-electron chi connectivity index (χ0n) is 14.2. The van der Waals surface area contributed by atoms with E-state index in [0.717, 1.165) is 25.3 Å². The van der Waals surface area contributed by atoms with Gasteiger partial charge in [-0.15, -0.1) is 0 Å². The number of nitrogens with one attached hydrogen (secondary N) is 1. The Labute approximate surface area is 148 Å². The van der Waals surface area contributed by atoms with Crippen LogP contribution in [0.4, 0.5) is 18.9 Å². The molecule has 1 aromatic carbocycles. The fraction of sp³-hybridized carbons (Fsp3) is 0.471. The van der Waals surface area contributed by atoms with Gasteiger partial charge < -0.3 is 15.0 Å². The van der Waals surface area contributed by atoms with Gasteiger partial charge >= 0.3 is 5.97 Å². The lowest BCUT2D eigenvalue weighted by Crippen LogP contribution is -2.38. The van der Waals surface area contributed by atoms with E-state index in [9.17, 15) is 27.6 Å². The second kappa shape index (κ2) is 8.68. The topological polar surface area (TPSA) is 75.7 Å². The summed E-state index contributed by atoms with van der Waals surface area (Å²) in [5.74, 6) is -6.50. The number of amides is 2. The van der Waals surface area contributed by atoms with Crippen molar-refractivity contribution in [1.29, 1.82) is 0 Å². The minimum Gasteiger partial charge on any atom is -0.451 e. The lowest BCUT2D eigenvalue weighted by molar-refractivity contribution is -0.156. The summed E-state index contributed by atoms with van der Waals surface area (Å²) < 4.78 is 44.5. The number of ether oxygens (including phenoxy) is 1. The Kier molecular flexibility index (Phi) is 6.59. The summed E-state index contributed by atoms with van der Waals surface area (Å²) in [7, 11) is 0. The predicted octanol–water partition coefficient (Wildman–Crippen LogP) is 2.38. The molecule has 1 fully saturated rings. The molecule has 0 bridgehead atoms. The van der Waals surface area contributed by atoms with Gasteiger partial charge in [0.1, 0.15) is 6.54 Å². The van der Waals surface area contributed by atoms with Crippen molar-refractivity contribution in [3.8, 4) is 0 Å². The van der Waals surface area contributed by atoms with E-state index in [1.165, 1.54) is 11.8 Å². The molecule has 0 saturated carbocycles. The molecule has 1 saturated heterocycles. The number of benzene rings is 1. The fourth-order valence-corrected chi connectivity index (χ4v) is 2.51. The summed E-state index contributed by atoms with van der Waals surface area (Å²) in [4.78, 5) is 37.1. The van der Waals surface area contributed by atoms with Gasteiger partial charge in [0.05, 0.1) is 5.69 Å². The summed E-state index contributed by atoms with van der Waals surface area (Å²) in [6.07, 6.45) is 1.50. The summed E-state index contributed by atoms with van der Waals surface area (Å²) in [5, 5.41) is 2.03. The molecule has 1 atom stereocenters. The van der Waals surface area contributed by atoms with Crippen LogP contribution in [0.15, 0.2) is 12.1 Å². The monoisotopic (exact) mass is 372 g/mol. The maximum Gasteiger partial charge on any atom is 0.326 e. The van der Waals surface area contributed by atoms with Gasteiger partial charge in [0.2, 0.25) is 5.91 Å². The van der Waals surface area contributed by atoms with Crippen LogP contribution < -0.4 is 5.32 Å². The molecule has 0 aliphatic carbocycles. The third-order valence-electron chi connectivity index (χ3n) is 3.96. The van der Waals surface area contributed by atoms with Gasteiger partial charge in [0.25, 0.3) is 5.91 Å². The Morgan fingerprint density at radius 1 is 1.19 bits per heavy atom. The molecule has 1 N–H and O–H groups in total. The highest BCUT2D eigenvalue weighted by Gasteiger charge is 2.24. The van der Waals surface area contributed by atoms with E-state index in [0.29, 0.717) is 19.0 Å². The molecule has 0 unspecified atom stereocenters. The van der Waals surface area contributed by atoms with Crippen molar-refractivity contribution in [2.24, 2.45) is 0 Å². The number of likely N-dealkylation sites (tertiary alicyclic amines) is 1. The minimum absolute atomic E-state index is 0.152. The smallest absolute Gasteiger partial charge is 0.326 e. The van der Waals surface area contributed by atoms with Crippen LogP contribution in [-0.4, -0.2) is 41.9 Å². The van der Waals surface area contributed by atoms with Crippen LogP contribution in [0, 0.1) is 17.5 Å². The van der Waals surface area contributed by atoms with Crippen LogP contribution in [0.3, 0.4) is 0 Å². The summed E-state index contributed by atoms with van der Waals surface area (Å²) in [5.41, 5.74) is -0.570. The lowest BCUT2D eigenvalue weighted by Gasteiger charge is -2.21. The minimum atomic E-state index is -1.72. The number of hydrogen-bond donors (Lipinski definition) is 1. The third kappa shape index (κ3) is 4.96. The normalized spacial score (nSPS) is 16.0. The van der Waals surface area contributed by atoms with Crippen LogP contribution >= 0.6 is 0 Å². The third-order valence-corrected chi connectivity index (χ3v) is 3.96. The van der Waals surface area contributed by atoms with E-state index in [1.807, 2.05) is 5.32 Å². The number of nitrogens with zero attached hydrogens (tertiary/aromatic N) is 1. The van der Waals surface area contributed by atoms with E-state index < -0.39 is 41.1 Å². The summed E-state index contributed by atoms with van der Waals surface area (Å²) in [6.45, 7) is 1.40. The highest BCUT2D eigenvalue weighted by atomic mass is 19.2. The van der Waals surface area contributed by atoms with E-state index in [4.69, 9.17) is 4.74 Å². The zero-order chi connectivity index (χ0) is 19.3. The van der Waals surface area contributed by atoms with Crippen molar-refractivity contribution in [2.75, 3.05) is 18.4 Å². The number of carbonyl (C=O) groups is 3. The van der Waals surface area contributed by atoms with Crippen molar-refractivity contribution in [3.05, 3.63) is 29.6 Å². The van der Waals surface area contributed by atoms with Crippen molar-refractivity contribution in [2.45, 2.75) is 38.7 Å². The summed E-state index contributed by atoms with van der Waals surface area (Å²) >= 11 is 0. The van der Waals surface area contributed by atoms with Crippen LogP contribution in [0.2, 0.25) is 0 Å². The molecular formula is C17H19F3N2O4. The zero-order valence-corrected chi connectivity index (χ0v) is 14.2. The Hall–Kier alpha value is -2.58. The average Bonchev–Trinajstić information content (AvgIpc) is 2.79. The standard InChI is InChI=1S/C17H19F3N2O4/c1-10(17(25)21-12-7-6-11(18)15(19)16(12)20)26-14(24)9-22-8-4-2-3-5-13(22)23/h6-7,10H,2-5,8-9H2,1H3,(H,21,25)/t10-/m0/s1. The molecule has 0 aromatic heterocycles. The Bertz CT molecular complexity index is 711. The highest BCUT2D eigenvalue weighted by molar-refractivity contribution is 5.95. The molecule has 6 nitrogen and oxygen atoms in total. The van der Waals surface area contributed by atoms with Crippen LogP contribution in [0.5, 0.6) is 0 Å². The highest BCUT2D eigenvalue weighted by Crippen LogP contribution is 2.20. The molecule has 26 heavy (non-hydrogen) atoms. The summed E-state index contributed by atoms with van der Waals surface area (Å²) in [6, 6.07) is 1.52. The van der Waals surface area contributed by atoms with Crippen LogP contribution in [0.25, 0.3) is 0 Å². The van der Waals surface area contributed by atoms with Crippen molar-refractivity contribution >= 4 is 23.5 Å². The lowest BCUT2D eigenvalue weighted by atomic mass is 10.2. The van der Waals surface area contributed by atoms with Crippen molar-refractivity contribution < 1.29 is 32.3 Å². The largest absolute Gasteiger partial charge is 0.451 e. The molecule has 142 valence electrons. The first kappa shape index (κ1) is 19.7. The number of hydrogen-bond acceptors (Lipinski definition) is 4. The SMILES string of the molecule is C[C@H](OC(=O)CN1CCCCCC1=O)C(=O)Nc1ccc(F)c(F)c1F. The quantitative estimate of drug-likeness (QED) is 0.636. The second-order valence-corrected chi connectivity index (χ2v) is 5.97. The second-order valence-electron chi connectivity index (χ2n) is 5.97. The molecule has 1 aromatic rings. The van der Waals surface area contributed by atoms with Crippen LogP contribution in [0.1, 0.15) is 32.6 Å². The average molecular weight is 372 g/mol. The molecular weight excluding hydrogens is 353 g/mol. The first-order chi connectivity index (χ1) is 12.3. The first-order valence-electron chi connectivity index (χ1n) is 8.21. The molecule has 1 heterocycles. The molecule has 0 spiro atoms. The van der Waals surface area contributed by atoms with Gasteiger partial charge in [-0.3, -0.25) is 14.4 Å². The molecule has 9 heteroatoms. The maximum atomic E-state index is 13.6. The molecule has 0 radical (unpaired) electrons. The van der Waals surface area contributed by atoms with Crippen LogP contribution in [-0.2, 0) is 19.1 Å². The van der Waals surface area contributed by atoms with Crippen molar-refractivity contribution in [1.82, 2.24) is 4.90 Å². The number of rotatable bonds is 5. The molecule has 2 amide bonds. The van der Waals surface area contributed by atoms with Crippen molar-refractivity contribution in [3.63, 3.8) is 0 Å². The Morgan fingerprint density at radius 3 is 2.65 bits per heavy atom. The Balaban J connectivity index is 1.91. The van der Waals surface area contributed by atoms with E-state index in [-0.39, 0.29) is 12.5 Å².